The van der Waals surface area contributed by atoms with Crippen LogP contribution < -0.4 is 0 Å². The molecule has 0 nitrogen and oxygen atoms in total. The largest absolute Gasteiger partial charge is 0.0991 e. The van der Waals surface area contributed by atoms with E-state index in [1.807, 2.05) is 12.2 Å². The Morgan fingerprint density at radius 2 is 1.88 bits per heavy atom. The summed E-state index contributed by atoms with van der Waals surface area (Å²) in [4.78, 5) is 0. The number of allylic oxidation sites excluding steroid dienone is 9. The monoisotopic (exact) mass is 248 g/mol. The summed E-state index contributed by atoms with van der Waals surface area (Å²) in [6, 6.07) is 0. The molecule has 1 unspecified atom stereocenters. The van der Waals surface area contributed by atoms with Crippen molar-refractivity contribution in [2.24, 2.45) is 0 Å². The van der Waals surface area contributed by atoms with Crippen LogP contribution in [-0.2, 0) is 0 Å². The van der Waals surface area contributed by atoms with Gasteiger partial charge in [-0.15, -0.1) is 0 Å². The number of rotatable bonds is 6. The van der Waals surface area contributed by atoms with Crippen LogP contribution in [0.15, 0.2) is 59.2 Å². The first-order valence-electron chi connectivity index (χ1n) is 6.11. The van der Waals surface area contributed by atoms with Gasteiger partial charge in [-0.2, -0.15) is 0 Å². The Morgan fingerprint density at radius 1 is 1.24 bits per heavy atom. The van der Waals surface area contributed by atoms with Crippen LogP contribution in [-0.4, -0.2) is 6.66 Å². The molecule has 0 aliphatic rings. The third kappa shape index (κ3) is 6.44. The summed E-state index contributed by atoms with van der Waals surface area (Å²) in [5.41, 5.74) is 1.36. The second-order valence-electron chi connectivity index (χ2n) is 4.13. The van der Waals surface area contributed by atoms with Gasteiger partial charge in [0.05, 0.1) is 0 Å². The molecule has 0 fully saturated rings. The second kappa shape index (κ2) is 9.19. The smallest absolute Gasteiger partial charge is 0.0238 e. The summed E-state index contributed by atoms with van der Waals surface area (Å²) in [7, 11) is -0.246. The topological polar surface area (TPSA) is 0 Å². The van der Waals surface area contributed by atoms with Crippen molar-refractivity contribution in [3.63, 3.8) is 0 Å². The van der Waals surface area contributed by atoms with Crippen molar-refractivity contribution >= 4 is 7.92 Å². The highest BCUT2D eigenvalue weighted by Crippen LogP contribution is 2.50. The van der Waals surface area contributed by atoms with E-state index in [0.717, 1.165) is 6.42 Å². The molecule has 0 aromatic heterocycles. The molecule has 0 aliphatic heterocycles. The van der Waals surface area contributed by atoms with Gasteiger partial charge < -0.3 is 0 Å². The van der Waals surface area contributed by atoms with E-state index in [0.29, 0.717) is 0 Å². The molecule has 17 heavy (non-hydrogen) atoms. The lowest BCUT2D eigenvalue weighted by molar-refractivity contribution is 1.22. The highest BCUT2D eigenvalue weighted by Gasteiger charge is 2.08. The molecule has 0 aromatic carbocycles. The van der Waals surface area contributed by atoms with Gasteiger partial charge in [-0.3, -0.25) is 0 Å². The maximum absolute atomic E-state index is 3.73. The van der Waals surface area contributed by atoms with Crippen LogP contribution in [0.1, 0.15) is 34.1 Å². The molecule has 94 valence electrons. The molecule has 1 atom stereocenters. The minimum atomic E-state index is -0.246. The number of hydrogen-bond acceptors (Lipinski definition) is 0. The van der Waals surface area contributed by atoms with E-state index in [-0.39, 0.29) is 7.92 Å². The van der Waals surface area contributed by atoms with E-state index in [1.165, 1.54) is 16.2 Å². The summed E-state index contributed by atoms with van der Waals surface area (Å²) >= 11 is 0. The maximum atomic E-state index is 3.73. The minimum absolute atomic E-state index is 0.246. The van der Waals surface area contributed by atoms with Crippen LogP contribution >= 0.6 is 7.92 Å². The van der Waals surface area contributed by atoms with E-state index in [4.69, 9.17) is 0 Å². The number of hydrogen-bond donors (Lipinski definition) is 0. The van der Waals surface area contributed by atoms with Crippen molar-refractivity contribution in [2.45, 2.75) is 34.1 Å². The molecule has 0 aliphatic carbocycles. The summed E-state index contributed by atoms with van der Waals surface area (Å²) < 4.78 is 0. The van der Waals surface area contributed by atoms with Crippen LogP contribution in [0.4, 0.5) is 0 Å². The lowest BCUT2D eigenvalue weighted by Gasteiger charge is -2.15. The van der Waals surface area contributed by atoms with Crippen molar-refractivity contribution in [3.8, 4) is 0 Å². The average Bonchev–Trinajstić information content (AvgIpc) is 2.30. The van der Waals surface area contributed by atoms with Crippen molar-refractivity contribution < 1.29 is 0 Å². The quantitative estimate of drug-likeness (QED) is 0.399. The lowest BCUT2D eigenvalue weighted by Crippen LogP contribution is -1.82. The van der Waals surface area contributed by atoms with E-state index in [9.17, 15) is 0 Å². The predicted octanol–water partition coefficient (Wildman–Crippen LogP) is 6.00. The first kappa shape index (κ1) is 16.1. The fourth-order valence-corrected chi connectivity index (χ4v) is 3.41. The average molecular weight is 248 g/mol. The van der Waals surface area contributed by atoms with Crippen LogP contribution in [0, 0.1) is 0 Å². The first-order chi connectivity index (χ1) is 8.06. The molecule has 0 rings (SSSR count). The zero-order valence-electron chi connectivity index (χ0n) is 11.8. The molecule has 0 amide bonds. The van der Waals surface area contributed by atoms with E-state index < -0.39 is 0 Å². The van der Waals surface area contributed by atoms with E-state index >= 15 is 0 Å². The van der Waals surface area contributed by atoms with Gasteiger partial charge in [0.1, 0.15) is 0 Å². The summed E-state index contributed by atoms with van der Waals surface area (Å²) in [6.45, 7) is 14.6. The van der Waals surface area contributed by atoms with Crippen LogP contribution in [0.2, 0.25) is 0 Å². The molecule has 0 bridgehead atoms. The minimum Gasteiger partial charge on any atom is -0.0991 e. The molecular formula is C16H25P. The zero-order valence-corrected chi connectivity index (χ0v) is 12.7. The Morgan fingerprint density at radius 3 is 2.29 bits per heavy atom. The van der Waals surface area contributed by atoms with Gasteiger partial charge in [0, 0.05) is 0 Å². The Labute approximate surface area is 108 Å². The van der Waals surface area contributed by atoms with Gasteiger partial charge in [0.25, 0.3) is 0 Å². The maximum Gasteiger partial charge on any atom is -0.0238 e. The predicted molar refractivity (Wildman–Crippen MR) is 83.7 cm³/mol. The highest BCUT2D eigenvalue weighted by molar-refractivity contribution is 7.66. The summed E-state index contributed by atoms with van der Waals surface area (Å²) in [6.07, 6.45) is 14.0. The summed E-state index contributed by atoms with van der Waals surface area (Å²) in [5, 5.41) is 2.86. The third-order valence-corrected chi connectivity index (χ3v) is 4.59. The van der Waals surface area contributed by atoms with Crippen molar-refractivity contribution in [3.05, 3.63) is 59.2 Å². The molecule has 0 aromatic rings. The molecule has 1 heteroatoms. The van der Waals surface area contributed by atoms with Crippen molar-refractivity contribution in [1.29, 1.82) is 0 Å². The van der Waals surface area contributed by atoms with Crippen LogP contribution in [0.5, 0.6) is 0 Å². The molecule has 0 saturated heterocycles. The normalized spacial score (nSPS) is 14.9. The molecule has 0 radical (unpaired) electrons. The van der Waals surface area contributed by atoms with E-state index in [1.54, 1.807) is 0 Å². The Kier molecular flexibility index (Phi) is 8.72. The second-order valence-corrected chi connectivity index (χ2v) is 6.28. The fraction of sp³-hybridized carbons (Fsp3) is 0.375. The Balaban J connectivity index is 5.13. The standard InChI is InChI=1S/C16H25P/c1-7-10-12-16(11-8-2)17(6)15(9-3)13-14(4)5/h7,9-13H,1,8H2,2-6H3/b12-10-,15-9+,16-11+. The van der Waals surface area contributed by atoms with Gasteiger partial charge in [-0.05, 0) is 52.4 Å². The van der Waals surface area contributed by atoms with Crippen LogP contribution in [0.3, 0.4) is 0 Å². The molecule has 0 heterocycles. The lowest BCUT2D eigenvalue weighted by atomic mass is 10.3. The first-order valence-corrected chi connectivity index (χ1v) is 7.89. The highest BCUT2D eigenvalue weighted by atomic mass is 31.1. The molecule has 0 spiro atoms. The van der Waals surface area contributed by atoms with Crippen LogP contribution in [0.25, 0.3) is 0 Å². The van der Waals surface area contributed by atoms with Crippen molar-refractivity contribution in [1.82, 2.24) is 0 Å². The van der Waals surface area contributed by atoms with E-state index in [2.05, 4.69) is 65.2 Å². The fourth-order valence-electron chi connectivity index (χ4n) is 1.51. The Bertz CT molecular complexity index is 350. The van der Waals surface area contributed by atoms with Gasteiger partial charge in [0.15, 0.2) is 0 Å². The molecule has 0 N–H and O–H groups in total. The summed E-state index contributed by atoms with van der Waals surface area (Å²) in [5.74, 6) is 0. The molecular weight excluding hydrogens is 223 g/mol. The van der Waals surface area contributed by atoms with Gasteiger partial charge in [0.2, 0.25) is 0 Å². The van der Waals surface area contributed by atoms with Gasteiger partial charge >= 0.3 is 0 Å². The third-order valence-electron chi connectivity index (χ3n) is 2.32. The van der Waals surface area contributed by atoms with Gasteiger partial charge in [-0.25, -0.2) is 0 Å². The Hall–Kier alpha value is -0.870. The zero-order chi connectivity index (χ0) is 13.3. The van der Waals surface area contributed by atoms with Crippen molar-refractivity contribution in [2.75, 3.05) is 6.66 Å². The molecule has 0 saturated carbocycles. The van der Waals surface area contributed by atoms with Gasteiger partial charge in [-0.1, -0.05) is 55.5 Å². The SMILES string of the molecule is C=C/C=C\C(=C/CC)P(C)/C(C=C(C)C)=C/C.